The van der Waals surface area contributed by atoms with Crippen molar-refractivity contribution in [1.82, 2.24) is 4.90 Å². The van der Waals surface area contributed by atoms with Crippen molar-refractivity contribution in [1.29, 1.82) is 0 Å². The molecular weight excluding hydrogens is 330 g/mol. The van der Waals surface area contributed by atoms with Crippen LogP contribution in [0, 0.1) is 0 Å². The van der Waals surface area contributed by atoms with Crippen LogP contribution in [0.3, 0.4) is 0 Å². The van der Waals surface area contributed by atoms with Crippen molar-refractivity contribution in [3.05, 3.63) is 65.7 Å². The molecule has 0 bridgehead atoms. The molecule has 134 valence electrons. The van der Waals surface area contributed by atoms with Gasteiger partial charge in [-0.3, -0.25) is 14.4 Å². The van der Waals surface area contributed by atoms with Gasteiger partial charge in [0.2, 0.25) is 17.7 Å². The first-order chi connectivity index (χ1) is 12.5. The van der Waals surface area contributed by atoms with E-state index in [1.807, 2.05) is 30.3 Å². The number of anilines is 1. The quantitative estimate of drug-likeness (QED) is 0.888. The molecule has 0 radical (unpaired) electrons. The van der Waals surface area contributed by atoms with Crippen molar-refractivity contribution in [3.63, 3.8) is 0 Å². The monoisotopic (exact) mass is 351 g/mol. The number of primary amides is 1. The summed E-state index contributed by atoms with van der Waals surface area (Å²) in [5.74, 6) is -0.870. The van der Waals surface area contributed by atoms with Gasteiger partial charge in [-0.05, 0) is 30.2 Å². The summed E-state index contributed by atoms with van der Waals surface area (Å²) in [4.78, 5) is 40.1. The molecule has 1 atom stereocenters. The van der Waals surface area contributed by atoms with Crippen molar-refractivity contribution in [3.8, 4) is 0 Å². The minimum absolute atomic E-state index is 0.0325. The second-order valence-electron chi connectivity index (χ2n) is 6.33. The van der Waals surface area contributed by atoms with Crippen LogP contribution in [0.4, 0.5) is 5.69 Å². The number of likely N-dealkylation sites (N-methyl/N-ethyl adjacent to an activating group) is 1. The molecule has 1 aliphatic heterocycles. The lowest BCUT2D eigenvalue weighted by molar-refractivity contribution is -0.136. The Morgan fingerprint density at radius 1 is 1.12 bits per heavy atom. The fourth-order valence-electron chi connectivity index (χ4n) is 3.26. The van der Waals surface area contributed by atoms with Crippen molar-refractivity contribution >= 4 is 23.4 Å². The highest BCUT2D eigenvalue weighted by Gasteiger charge is 2.37. The zero-order valence-corrected chi connectivity index (χ0v) is 14.6. The Kier molecular flexibility index (Phi) is 5.02. The molecule has 6 heteroatoms. The molecule has 1 aliphatic rings. The third kappa shape index (κ3) is 3.44. The number of hydrogen-bond donors (Lipinski definition) is 1. The summed E-state index contributed by atoms with van der Waals surface area (Å²) in [5.41, 5.74) is 7.10. The van der Waals surface area contributed by atoms with Crippen molar-refractivity contribution in [2.45, 2.75) is 18.9 Å². The van der Waals surface area contributed by atoms with Gasteiger partial charge in [0.25, 0.3) is 0 Å². The first kappa shape index (κ1) is 17.7. The standard InChI is InChI=1S/C20H21N3O3/c1-22(18(24)13-14-7-5-6-10-16(14)19(21)25)17-11-12-23(20(17)26)15-8-3-2-4-9-15/h2-10,17H,11-13H2,1H3,(H2,21,25). The minimum Gasteiger partial charge on any atom is -0.366 e. The molecule has 1 saturated heterocycles. The highest BCUT2D eigenvalue weighted by atomic mass is 16.2. The summed E-state index contributed by atoms with van der Waals surface area (Å²) in [5, 5.41) is 0. The summed E-state index contributed by atoms with van der Waals surface area (Å²) in [6, 6.07) is 15.7. The lowest BCUT2D eigenvalue weighted by atomic mass is 10.0. The Morgan fingerprint density at radius 2 is 1.77 bits per heavy atom. The summed E-state index contributed by atoms with van der Waals surface area (Å²) >= 11 is 0. The maximum atomic E-state index is 12.7. The Labute approximate surface area is 152 Å². The summed E-state index contributed by atoms with van der Waals surface area (Å²) in [6.45, 7) is 0.572. The Hall–Kier alpha value is -3.15. The molecule has 3 rings (SSSR count). The van der Waals surface area contributed by atoms with Gasteiger partial charge in [0, 0.05) is 24.8 Å². The molecule has 2 aromatic rings. The number of hydrogen-bond acceptors (Lipinski definition) is 3. The van der Waals surface area contributed by atoms with Gasteiger partial charge in [0.15, 0.2) is 0 Å². The number of rotatable bonds is 5. The molecule has 26 heavy (non-hydrogen) atoms. The topological polar surface area (TPSA) is 83.7 Å². The number of benzene rings is 2. The van der Waals surface area contributed by atoms with Crippen LogP contribution < -0.4 is 10.6 Å². The van der Waals surface area contributed by atoms with Gasteiger partial charge in [0.05, 0.1) is 6.42 Å². The van der Waals surface area contributed by atoms with E-state index >= 15 is 0 Å². The van der Waals surface area contributed by atoms with Crippen LogP contribution in [-0.4, -0.2) is 42.3 Å². The van der Waals surface area contributed by atoms with Gasteiger partial charge in [-0.1, -0.05) is 36.4 Å². The Balaban J connectivity index is 1.72. The number of para-hydroxylation sites is 1. The first-order valence-corrected chi connectivity index (χ1v) is 8.49. The summed E-state index contributed by atoms with van der Waals surface area (Å²) in [6.07, 6.45) is 0.609. The van der Waals surface area contributed by atoms with E-state index < -0.39 is 11.9 Å². The molecule has 1 unspecified atom stereocenters. The normalized spacial score (nSPS) is 16.6. The zero-order valence-electron chi connectivity index (χ0n) is 14.6. The highest BCUT2D eigenvalue weighted by Crippen LogP contribution is 2.24. The minimum atomic E-state index is -0.566. The number of nitrogens with zero attached hydrogens (tertiary/aromatic N) is 2. The molecule has 2 aromatic carbocycles. The maximum absolute atomic E-state index is 12.7. The van der Waals surface area contributed by atoms with Crippen molar-refractivity contribution in [2.75, 3.05) is 18.5 Å². The van der Waals surface area contributed by atoms with Gasteiger partial charge in [-0.15, -0.1) is 0 Å². The van der Waals surface area contributed by atoms with E-state index in [-0.39, 0.29) is 18.2 Å². The molecular formula is C20H21N3O3. The van der Waals surface area contributed by atoms with E-state index in [1.165, 1.54) is 4.90 Å². The number of carbonyl (C=O) groups excluding carboxylic acids is 3. The lowest BCUT2D eigenvalue weighted by Gasteiger charge is -2.24. The maximum Gasteiger partial charge on any atom is 0.249 e. The molecule has 1 heterocycles. The molecule has 6 nitrogen and oxygen atoms in total. The van der Waals surface area contributed by atoms with Gasteiger partial charge in [-0.2, -0.15) is 0 Å². The third-order valence-corrected chi connectivity index (χ3v) is 4.73. The SMILES string of the molecule is CN(C(=O)Cc1ccccc1C(N)=O)C1CCN(c2ccccc2)C1=O. The van der Waals surface area contributed by atoms with Gasteiger partial charge in [-0.25, -0.2) is 0 Å². The number of amides is 3. The molecule has 0 aromatic heterocycles. The van der Waals surface area contributed by atoms with Crippen LogP contribution in [0.2, 0.25) is 0 Å². The predicted octanol–water partition coefficient (Wildman–Crippen LogP) is 1.59. The van der Waals surface area contributed by atoms with E-state index in [2.05, 4.69) is 0 Å². The predicted molar refractivity (Wildman–Crippen MR) is 98.6 cm³/mol. The smallest absolute Gasteiger partial charge is 0.249 e. The molecule has 3 amide bonds. The molecule has 0 aliphatic carbocycles. The lowest BCUT2D eigenvalue weighted by Crippen LogP contribution is -2.43. The molecule has 1 fully saturated rings. The van der Waals surface area contributed by atoms with Crippen molar-refractivity contribution < 1.29 is 14.4 Å². The van der Waals surface area contributed by atoms with E-state index in [9.17, 15) is 14.4 Å². The largest absolute Gasteiger partial charge is 0.366 e. The van der Waals surface area contributed by atoms with Crippen molar-refractivity contribution in [2.24, 2.45) is 5.73 Å². The van der Waals surface area contributed by atoms with Crippen LogP contribution >= 0.6 is 0 Å². The van der Waals surface area contributed by atoms with Crippen LogP contribution in [-0.2, 0) is 16.0 Å². The van der Waals surface area contributed by atoms with Crippen LogP contribution in [0.15, 0.2) is 54.6 Å². The van der Waals surface area contributed by atoms with E-state index in [0.29, 0.717) is 24.1 Å². The first-order valence-electron chi connectivity index (χ1n) is 8.49. The number of nitrogens with two attached hydrogens (primary N) is 1. The molecule has 2 N–H and O–H groups in total. The molecule has 0 spiro atoms. The number of carbonyl (C=O) groups is 3. The zero-order chi connectivity index (χ0) is 18.7. The Bertz CT molecular complexity index is 835. The van der Waals surface area contributed by atoms with E-state index in [4.69, 9.17) is 5.73 Å². The Morgan fingerprint density at radius 3 is 2.46 bits per heavy atom. The average Bonchev–Trinajstić information content (AvgIpc) is 3.03. The average molecular weight is 351 g/mol. The van der Waals surface area contributed by atoms with Gasteiger partial charge < -0.3 is 15.5 Å². The van der Waals surface area contributed by atoms with E-state index in [1.54, 1.807) is 36.2 Å². The van der Waals surface area contributed by atoms with Gasteiger partial charge in [0.1, 0.15) is 6.04 Å². The van der Waals surface area contributed by atoms with Crippen LogP contribution in [0.5, 0.6) is 0 Å². The second kappa shape index (κ2) is 7.39. The fraction of sp³-hybridized carbons (Fsp3) is 0.250. The summed E-state index contributed by atoms with van der Waals surface area (Å²) < 4.78 is 0. The van der Waals surface area contributed by atoms with E-state index in [0.717, 1.165) is 5.69 Å². The van der Waals surface area contributed by atoms with Crippen LogP contribution in [0.1, 0.15) is 22.3 Å². The molecule has 0 saturated carbocycles. The van der Waals surface area contributed by atoms with Gasteiger partial charge >= 0.3 is 0 Å². The fourth-order valence-corrected chi connectivity index (χ4v) is 3.26. The highest BCUT2D eigenvalue weighted by molar-refractivity contribution is 6.01. The third-order valence-electron chi connectivity index (χ3n) is 4.73. The van der Waals surface area contributed by atoms with Crippen LogP contribution in [0.25, 0.3) is 0 Å². The second-order valence-corrected chi connectivity index (χ2v) is 6.33. The summed E-state index contributed by atoms with van der Waals surface area (Å²) in [7, 11) is 1.63.